The average molecular weight is 338 g/mol. The van der Waals surface area contributed by atoms with E-state index in [0.717, 1.165) is 11.3 Å². The van der Waals surface area contributed by atoms with Gasteiger partial charge >= 0.3 is 0 Å². The van der Waals surface area contributed by atoms with Crippen molar-refractivity contribution in [1.82, 2.24) is 4.90 Å². The van der Waals surface area contributed by atoms with Crippen LogP contribution in [0.3, 0.4) is 0 Å². The lowest BCUT2D eigenvalue weighted by atomic mass is 10.1. The maximum atomic E-state index is 12.5. The molecule has 0 saturated carbocycles. The second-order valence-corrected chi connectivity index (χ2v) is 5.91. The molecule has 5 nitrogen and oxygen atoms in total. The van der Waals surface area contributed by atoms with Gasteiger partial charge in [-0.25, -0.2) is 0 Å². The van der Waals surface area contributed by atoms with Crippen LogP contribution < -0.4 is 9.64 Å². The summed E-state index contributed by atoms with van der Waals surface area (Å²) in [7, 11) is 0. The van der Waals surface area contributed by atoms with E-state index in [2.05, 4.69) is 0 Å². The molecule has 0 fully saturated rings. The molecule has 1 heterocycles. The molecule has 0 bridgehead atoms. The van der Waals surface area contributed by atoms with Crippen molar-refractivity contribution in [1.29, 1.82) is 0 Å². The van der Waals surface area contributed by atoms with Crippen LogP contribution in [-0.2, 0) is 11.3 Å². The molecule has 130 valence electrons. The Morgan fingerprint density at radius 3 is 2.64 bits per heavy atom. The highest BCUT2D eigenvalue weighted by atomic mass is 16.5. The minimum atomic E-state index is -0.0841. The van der Waals surface area contributed by atoms with Crippen molar-refractivity contribution in [2.24, 2.45) is 0 Å². The number of benzene rings is 2. The van der Waals surface area contributed by atoms with Gasteiger partial charge in [0.2, 0.25) is 0 Å². The Morgan fingerprint density at radius 1 is 1.12 bits per heavy atom. The molecule has 0 N–H and O–H groups in total. The maximum absolute atomic E-state index is 12.5. The van der Waals surface area contributed by atoms with Gasteiger partial charge in [-0.3, -0.25) is 9.59 Å². The highest BCUT2D eigenvalue weighted by molar-refractivity contribution is 5.98. The molecule has 3 rings (SSSR count). The van der Waals surface area contributed by atoms with Crippen LogP contribution >= 0.6 is 0 Å². The van der Waals surface area contributed by atoms with E-state index in [9.17, 15) is 9.59 Å². The first-order valence-electron chi connectivity index (χ1n) is 8.54. The molecular weight excluding hydrogens is 316 g/mol. The van der Waals surface area contributed by atoms with Gasteiger partial charge in [0.15, 0.2) is 6.61 Å². The first-order valence-corrected chi connectivity index (χ1v) is 8.54. The number of nitrogens with zero attached hydrogens (tertiary/aromatic N) is 2. The van der Waals surface area contributed by atoms with E-state index in [1.807, 2.05) is 62.4 Å². The summed E-state index contributed by atoms with van der Waals surface area (Å²) in [5.74, 6) is 0.636. The summed E-state index contributed by atoms with van der Waals surface area (Å²) in [5.41, 5.74) is 2.33. The Balaban J connectivity index is 1.85. The molecule has 5 heteroatoms. The molecule has 0 aliphatic carbocycles. The van der Waals surface area contributed by atoms with Crippen LogP contribution in [0.15, 0.2) is 48.5 Å². The van der Waals surface area contributed by atoms with Gasteiger partial charge in [-0.1, -0.05) is 24.3 Å². The van der Waals surface area contributed by atoms with E-state index in [1.165, 1.54) is 0 Å². The van der Waals surface area contributed by atoms with E-state index in [1.54, 1.807) is 9.80 Å². The number of anilines is 1. The topological polar surface area (TPSA) is 49.9 Å². The number of hydrogen-bond acceptors (Lipinski definition) is 3. The number of amides is 2. The Labute approximate surface area is 147 Å². The van der Waals surface area contributed by atoms with Crippen LogP contribution in [0.1, 0.15) is 29.8 Å². The molecular formula is C20H22N2O3. The fourth-order valence-electron chi connectivity index (χ4n) is 3.01. The number of ether oxygens (including phenoxy) is 1. The van der Waals surface area contributed by atoms with Gasteiger partial charge in [0.05, 0.1) is 12.2 Å². The van der Waals surface area contributed by atoms with E-state index < -0.39 is 0 Å². The molecule has 25 heavy (non-hydrogen) atoms. The number of rotatable bonds is 5. The molecule has 2 aromatic rings. The maximum Gasteiger partial charge on any atom is 0.265 e. The smallest absolute Gasteiger partial charge is 0.265 e. The van der Waals surface area contributed by atoms with Gasteiger partial charge in [0.1, 0.15) is 5.75 Å². The number of carbonyl (C=O) groups excluding carboxylic acids is 2. The van der Waals surface area contributed by atoms with E-state index in [-0.39, 0.29) is 18.4 Å². The molecule has 2 aromatic carbocycles. The molecule has 1 aliphatic rings. The summed E-state index contributed by atoms with van der Waals surface area (Å²) in [6, 6.07) is 15.0. The van der Waals surface area contributed by atoms with Gasteiger partial charge in [0, 0.05) is 18.7 Å². The highest BCUT2D eigenvalue weighted by Crippen LogP contribution is 2.32. The molecule has 0 unspecified atom stereocenters. The predicted molar refractivity (Wildman–Crippen MR) is 96.8 cm³/mol. The first-order chi connectivity index (χ1) is 12.1. The van der Waals surface area contributed by atoms with Crippen molar-refractivity contribution in [2.45, 2.75) is 20.4 Å². The van der Waals surface area contributed by atoms with Crippen LogP contribution in [0.25, 0.3) is 0 Å². The number of carbonyl (C=O) groups is 2. The van der Waals surface area contributed by atoms with Crippen LogP contribution in [-0.4, -0.2) is 36.4 Å². The summed E-state index contributed by atoms with van der Waals surface area (Å²) in [6.45, 7) is 5.74. The van der Waals surface area contributed by atoms with Crippen LogP contribution in [0.2, 0.25) is 0 Å². The van der Waals surface area contributed by atoms with Crippen LogP contribution in [0.5, 0.6) is 5.75 Å². The lowest BCUT2D eigenvalue weighted by Crippen LogP contribution is -2.38. The summed E-state index contributed by atoms with van der Waals surface area (Å²) in [6.07, 6.45) is 0. The average Bonchev–Trinajstić information content (AvgIpc) is 2.65. The molecule has 2 amide bonds. The molecule has 0 saturated heterocycles. The van der Waals surface area contributed by atoms with Crippen molar-refractivity contribution in [2.75, 3.05) is 24.6 Å². The third-order valence-corrected chi connectivity index (χ3v) is 4.37. The third-order valence-electron chi connectivity index (χ3n) is 4.37. The molecule has 0 spiro atoms. The normalized spacial score (nSPS) is 13.2. The fraction of sp³-hybridized carbons (Fsp3) is 0.300. The van der Waals surface area contributed by atoms with Crippen molar-refractivity contribution < 1.29 is 14.3 Å². The minimum absolute atomic E-state index is 0.0144. The highest BCUT2D eigenvalue weighted by Gasteiger charge is 2.25. The van der Waals surface area contributed by atoms with Crippen LogP contribution in [0, 0.1) is 0 Å². The molecule has 0 aromatic heterocycles. The Hall–Kier alpha value is -2.82. The Kier molecular flexibility index (Phi) is 5.03. The van der Waals surface area contributed by atoms with Crippen LogP contribution in [0.4, 0.5) is 5.69 Å². The van der Waals surface area contributed by atoms with E-state index >= 15 is 0 Å². The van der Waals surface area contributed by atoms with Crippen molar-refractivity contribution in [3.05, 3.63) is 59.7 Å². The van der Waals surface area contributed by atoms with Gasteiger partial charge < -0.3 is 14.5 Å². The Morgan fingerprint density at radius 2 is 1.88 bits per heavy atom. The second kappa shape index (κ2) is 7.38. The summed E-state index contributed by atoms with van der Waals surface area (Å²) in [5, 5.41) is 0. The number of hydrogen-bond donors (Lipinski definition) is 0. The molecule has 1 aliphatic heterocycles. The summed E-state index contributed by atoms with van der Waals surface area (Å²) < 4.78 is 5.47. The van der Waals surface area contributed by atoms with Crippen molar-refractivity contribution >= 4 is 17.5 Å². The quantitative estimate of drug-likeness (QED) is 0.842. The third kappa shape index (κ3) is 3.50. The molecule has 0 atom stereocenters. The number of fused-ring (bicyclic) bond motifs is 1. The van der Waals surface area contributed by atoms with E-state index in [4.69, 9.17) is 4.74 Å². The monoisotopic (exact) mass is 338 g/mol. The predicted octanol–water partition coefficient (Wildman–Crippen LogP) is 3.09. The van der Waals surface area contributed by atoms with Gasteiger partial charge in [-0.15, -0.1) is 0 Å². The van der Waals surface area contributed by atoms with E-state index in [0.29, 0.717) is 30.9 Å². The largest absolute Gasteiger partial charge is 0.482 e. The molecule has 0 radical (unpaired) electrons. The van der Waals surface area contributed by atoms with Crippen molar-refractivity contribution in [3.63, 3.8) is 0 Å². The SMILES string of the molecule is CCN(CC)C(=O)c1cccc(CN2C(=O)COc3ccccc32)c1. The number of para-hydroxylation sites is 2. The van der Waals surface area contributed by atoms with Gasteiger partial charge in [-0.2, -0.15) is 0 Å². The summed E-state index contributed by atoms with van der Waals surface area (Å²) in [4.78, 5) is 28.3. The van der Waals surface area contributed by atoms with Gasteiger partial charge in [0.25, 0.3) is 11.8 Å². The minimum Gasteiger partial charge on any atom is -0.482 e. The van der Waals surface area contributed by atoms with Crippen molar-refractivity contribution in [3.8, 4) is 5.75 Å². The lowest BCUT2D eigenvalue weighted by molar-refractivity contribution is -0.121. The standard InChI is InChI=1S/C20H22N2O3/c1-3-21(4-2)20(24)16-9-7-8-15(12-16)13-22-17-10-5-6-11-18(17)25-14-19(22)23/h5-12H,3-4,13-14H2,1-2H3. The zero-order chi connectivity index (χ0) is 17.8. The second-order valence-electron chi connectivity index (χ2n) is 5.91. The fourth-order valence-corrected chi connectivity index (χ4v) is 3.01. The van der Waals surface area contributed by atoms with Gasteiger partial charge in [-0.05, 0) is 43.7 Å². The summed E-state index contributed by atoms with van der Waals surface area (Å²) >= 11 is 0. The zero-order valence-corrected chi connectivity index (χ0v) is 14.6. The first kappa shape index (κ1) is 17.0. The Bertz CT molecular complexity index is 784. The lowest BCUT2D eigenvalue weighted by Gasteiger charge is -2.29. The zero-order valence-electron chi connectivity index (χ0n) is 14.6.